The number of ether oxygens (including phenoxy) is 1. The topological polar surface area (TPSA) is 72.6 Å². The average Bonchev–Trinajstić information content (AvgIpc) is 2.67. The predicted molar refractivity (Wildman–Crippen MR) is 61.3 cm³/mol. The lowest BCUT2D eigenvalue weighted by molar-refractivity contribution is 0.0697. The highest BCUT2D eigenvalue weighted by molar-refractivity contribution is 5.91. The lowest BCUT2D eigenvalue weighted by Crippen LogP contribution is -2.04. The van der Waals surface area contributed by atoms with Crippen molar-refractivity contribution < 1.29 is 19.1 Å². The van der Waals surface area contributed by atoms with Gasteiger partial charge in [0.25, 0.3) is 0 Å². The summed E-state index contributed by atoms with van der Waals surface area (Å²) in [7, 11) is 0. The number of rotatable bonds is 4. The minimum Gasteiger partial charge on any atom is -0.478 e. The van der Waals surface area contributed by atoms with Gasteiger partial charge in [-0.3, -0.25) is 0 Å². The highest BCUT2D eigenvalue weighted by Crippen LogP contribution is 2.22. The molecule has 1 aromatic heterocycles. The maximum Gasteiger partial charge on any atom is 0.394 e. The van der Waals surface area contributed by atoms with Crippen LogP contribution in [0.1, 0.15) is 24.2 Å². The van der Waals surface area contributed by atoms with Gasteiger partial charge in [0.1, 0.15) is 5.52 Å². The summed E-state index contributed by atoms with van der Waals surface area (Å²) in [5.74, 6) is -0.618. The van der Waals surface area contributed by atoms with Gasteiger partial charge in [-0.15, -0.1) is 0 Å². The summed E-state index contributed by atoms with van der Waals surface area (Å²) in [6.07, 6.45) is 0.177. The molecule has 0 fully saturated rings. The zero-order chi connectivity index (χ0) is 12.4. The zero-order valence-electron chi connectivity index (χ0n) is 9.64. The molecule has 0 aliphatic carbocycles. The molecule has 0 saturated carbocycles. The van der Waals surface area contributed by atoms with Crippen LogP contribution < -0.4 is 4.74 Å². The van der Waals surface area contributed by atoms with Crippen molar-refractivity contribution in [3.8, 4) is 6.08 Å². The second kappa shape index (κ2) is 4.45. The van der Waals surface area contributed by atoms with Crippen molar-refractivity contribution in [1.29, 1.82) is 0 Å². The van der Waals surface area contributed by atoms with E-state index >= 15 is 0 Å². The fourth-order valence-electron chi connectivity index (χ4n) is 1.34. The molecular weight excluding hydrogens is 222 g/mol. The molecule has 5 heteroatoms. The first kappa shape index (κ1) is 11.4. The number of oxazole rings is 1. The summed E-state index contributed by atoms with van der Waals surface area (Å²) in [5, 5.41) is 8.83. The quantitative estimate of drug-likeness (QED) is 0.881. The Balaban J connectivity index is 2.27. The van der Waals surface area contributed by atoms with Gasteiger partial charge in [0.15, 0.2) is 5.58 Å². The Bertz CT molecular complexity index is 544. The molecule has 1 N–H and O–H groups in total. The third kappa shape index (κ3) is 2.55. The van der Waals surface area contributed by atoms with Crippen molar-refractivity contribution in [1.82, 2.24) is 4.98 Å². The lowest BCUT2D eigenvalue weighted by atomic mass is 10.2. The van der Waals surface area contributed by atoms with Crippen LogP contribution in [0, 0.1) is 5.92 Å². The third-order valence-electron chi connectivity index (χ3n) is 2.16. The number of hydrogen-bond acceptors (Lipinski definition) is 4. The van der Waals surface area contributed by atoms with E-state index in [1.165, 1.54) is 12.1 Å². The first-order chi connectivity index (χ1) is 8.06. The van der Waals surface area contributed by atoms with Gasteiger partial charge < -0.3 is 14.3 Å². The van der Waals surface area contributed by atoms with Crippen LogP contribution in [0.5, 0.6) is 6.08 Å². The molecule has 0 aliphatic heterocycles. The Morgan fingerprint density at radius 3 is 2.94 bits per heavy atom. The number of aromatic carboxylic acids is 1. The van der Waals surface area contributed by atoms with Gasteiger partial charge in [-0.05, 0) is 24.1 Å². The van der Waals surface area contributed by atoms with E-state index in [9.17, 15) is 4.79 Å². The number of carbonyl (C=O) groups is 1. The lowest BCUT2D eigenvalue weighted by Gasteiger charge is -2.02. The number of benzene rings is 1. The van der Waals surface area contributed by atoms with Gasteiger partial charge in [-0.25, -0.2) is 4.79 Å². The number of fused-ring (bicyclic) bond motifs is 1. The Kier molecular flexibility index (Phi) is 2.99. The number of nitrogens with zero attached hydrogens (tertiary/aromatic N) is 1. The first-order valence-electron chi connectivity index (χ1n) is 5.33. The molecule has 0 bridgehead atoms. The van der Waals surface area contributed by atoms with E-state index in [0.29, 0.717) is 23.6 Å². The average molecular weight is 235 g/mol. The first-order valence-corrected chi connectivity index (χ1v) is 5.33. The Morgan fingerprint density at radius 1 is 1.53 bits per heavy atom. The molecule has 0 aliphatic rings. The molecule has 17 heavy (non-hydrogen) atoms. The molecule has 5 nitrogen and oxygen atoms in total. The largest absolute Gasteiger partial charge is 0.478 e. The summed E-state index contributed by atoms with van der Waals surface area (Å²) in [5.41, 5.74) is 1.18. The molecule has 90 valence electrons. The molecule has 2 aromatic rings. The van der Waals surface area contributed by atoms with Gasteiger partial charge in [0, 0.05) is 0 Å². The fourth-order valence-corrected chi connectivity index (χ4v) is 1.34. The second-order valence-electron chi connectivity index (χ2n) is 4.17. The maximum atomic E-state index is 10.8. The summed E-state index contributed by atoms with van der Waals surface area (Å²) < 4.78 is 10.6. The van der Waals surface area contributed by atoms with Crippen LogP contribution in [0.15, 0.2) is 22.6 Å². The SMILES string of the molecule is CC(C)COc1nc2ccc(C(=O)O)cc2o1. The van der Waals surface area contributed by atoms with E-state index in [-0.39, 0.29) is 11.6 Å². The van der Waals surface area contributed by atoms with E-state index < -0.39 is 5.97 Å². The monoisotopic (exact) mass is 235 g/mol. The molecule has 0 saturated heterocycles. The van der Waals surface area contributed by atoms with Crippen molar-refractivity contribution in [3.63, 3.8) is 0 Å². The smallest absolute Gasteiger partial charge is 0.394 e. The highest BCUT2D eigenvalue weighted by atomic mass is 16.6. The molecule has 0 spiro atoms. The van der Waals surface area contributed by atoms with Gasteiger partial charge >= 0.3 is 12.0 Å². The fraction of sp³-hybridized carbons (Fsp3) is 0.333. The zero-order valence-corrected chi connectivity index (χ0v) is 9.64. The van der Waals surface area contributed by atoms with Crippen molar-refractivity contribution in [3.05, 3.63) is 23.8 Å². The van der Waals surface area contributed by atoms with Crippen LogP contribution in [0.3, 0.4) is 0 Å². The summed E-state index contributed by atoms with van der Waals surface area (Å²) in [6.45, 7) is 4.55. The minimum absolute atomic E-state index is 0.170. The predicted octanol–water partition coefficient (Wildman–Crippen LogP) is 2.56. The highest BCUT2D eigenvalue weighted by Gasteiger charge is 2.10. The van der Waals surface area contributed by atoms with Gasteiger partial charge in [-0.2, -0.15) is 4.98 Å². The van der Waals surface area contributed by atoms with E-state index in [1.807, 2.05) is 13.8 Å². The molecule has 0 radical (unpaired) electrons. The Hall–Kier alpha value is -2.04. The van der Waals surface area contributed by atoms with E-state index in [1.54, 1.807) is 6.07 Å². The van der Waals surface area contributed by atoms with Gasteiger partial charge in [-0.1, -0.05) is 13.8 Å². The summed E-state index contributed by atoms with van der Waals surface area (Å²) in [4.78, 5) is 14.9. The van der Waals surface area contributed by atoms with Crippen molar-refractivity contribution in [2.45, 2.75) is 13.8 Å². The van der Waals surface area contributed by atoms with Crippen LogP contribution in [0.25, 0.3) is 11.1 Å². The van der Waals surface area contributed by atoms with Gasteiger partial charge in [0.05, 0.1) is 12.2 Å². The Labute approximate surface area is 98.0 Å². The van der Waals surface area contributed by atoms with E-state index in [2.05, 4.69) is 4.98 Å². The number of carboxylic acid groups (broad SMARTS) is 1. The Morgan fingerprint density at radius 2 is 2.29 bits per heavy atom. The third-order valence-corrected chi connectivity index (χ3v) is 2.16. The number of aromatic nitrogens is 1. The molecule has 0 atom stereocenters. The van der Waals surface area contributed by atoms with Gasteiger partial charge in [0.2, 0.25) is 0 Å². The summed E-state index contributed by atoms with van der Waals surface area (Å²) >= 11 is 0. The van der Waals surface area contributed by atoms with Crippen molar-refractivity contribution in [2.24, 2.45) is 5.92 Å². The van der Waals surface area contributed by atoms with Crippen LogP contribution in [-0.4, -0.2) is 22.7 Å². The van der Waals surface area contributed by atoms with Crippen molar-refractivity contribution >= 4 is 17.1 Å². The second-order valence-corrected chi connectivity index (χ2v) is 4.17. The van der Waals surface area contributed by atoms with Crippen LogP contribution >= 0.6 is 0 Å². The molecule has 0 amide bonds. The molecule has 1 aromatic carbocycles. The minimum atomic E-state index is -0.993. The maximum absolute atomic E-state index is 10.8. The normalized spacial score (nSPS) is 11.0. The number of hydrogen-bond donors (Lipinski definition) is 1. The van der Waals surface area contributed by atoms with Crippen LogP contribution in [0.4, 0.5) is 0 Å². The summed E-state index contributed by atoms with van der Waals surface area (Å²) in [6, 6.07) is 4.52. The molecular formula is C12H13NO4. The molecule has 0 unspecified atom stereocenters. The molecule has 1 heterocycles. The van der Waals surface area contributed by atoms with E-state index in [0.717, 1.165) is 0 Å². The number of carboxylic acids is 1. The van der Waals surface area contributed by atoms with Crippen LogP contribution in [-0.2, 0) is 0 Å². The molecule has 2 rings (SSSR count). The van der Waals surface area contributed by atoms with Crippen molar-refractivity contribution in [2.75, 3.05) is 6.61 Å². The van der Waals surface area contributed by atoms with Crippen LogP contribution in [0.2, 0.25) is 0 Å². The van der Waals surface area contributed by atoms with E-state index in [4.69, 9.17) is 14.3 Å². The standard InChI is InChI=1S/C12H13NO4/c1-7(2)6-16-12-13-9-4-3-8(11(14)15)5-10(9)17-12/h3-5,7H,6H2,1-2H3,(H,14,15).